The van der Waals surface area contributed by atoms with Gasteiger partial charge in [-0.15, -0.1) is 0 Å². The Morgan fingerprint density at radius 1 is 1.03 bits per heavy atom. The summed E-state index contributed by atoms with van der Waals surface area (Å²) in [6, 6.07) is 11.5. The lowest BCUT2D eigenvalue weighted by molar-refractivity contribution is -0.140. The Balaban J connectivity index is 2.51. The average molecular weight is 507 g/mol. The van der Waals surface area contributed by atoms with Crippen molar-refractivity contribution in [3.8, 4) is 0 Å². The van der Waals surface area contributed by atoms with Crippen molar-refractivity contribution in [3.63, 3.8) is 0 Å². The quantitative estimate of drug-likeness (QED) is 0.507. The number of nitrogens with zero attached hydrogens (tertiary/aromatic N) is 3. The maximum atomic E-state index is 13.7. The first-order valence-corrected chi connectivity index (χ1v) is 12.9. The van der Waals surface area contributed by atoms with Gasteiger partial charge in [-0.2, -0.15) is 12.7 Å². The molecule has 1 N–H and O–H groups in total. The molecule has 10 heteroatoms. The zero-order valence-electron chi connectivity index (χ0n) is 21.2. The number of aryl methyl sites for hydroxylation is 1. The lowest BCUT2D eigenvalue weighted by Crippen LogP contribution is -2.54. The van der Waals surface area contributed by atoms with Crippen molar-refractivity contribution < 1.29 is 22.4 Å². The number of halogens is 1. The number of nitrogens with one attached hydrogen (secondary N) is 1. The SMILES string of the molecule is CC[C@@H](C(=O)NC(C)C)N(Cc1ccccc1C)C(=O)CN(c1ccc(F)cc1)S(=O)(=O)N(C)C. The van der Waals surface area contributed by atoms with Crippen molar-refractivity contribution in [2.45, 2.75) is 52.7 Å². The van der Waals surface area contributed by atoms with Crippen LogP contribution in [0.4, 0.5) is 10.1 Å². The molecule has 0 saturated heterocycles. The Hall–Kier alpha value is -2.98. The fourth-order valence-corrected chi connectivity index (χ4v) is 4.65. The van der Waals surface area contributed by atoms with Gasteiger partial charge in [-0.3, -0.25) is 9.59 Å². The van der Waals surface area contributed by atoms with Gasteiger partial charge in [0.15, 0.2) is 0 Å². The number of anilines is 1. The minimum Gasteiger partial charge on any atom is -0.352 e. The summed E-state index contributed by atoms with van der Waals surface area (Å²) in [5, 5.41) is 2.85. The first-order chi connectivity index (χ1) is 16.4. The summed E-state index contributed by atoms with van der Waals surface area (Å²) in [5.74, 6) is -1.39. The minimum absolute atomic E-state index is 0.128. The van der Waals surface area contributed by atoms with Crippen molar-refractivity contribution in [2.24, 2.45) is 0 Å². The molecule has 0 aliphatic rings. The van der Waals surface area contributed by atoms with E-state index >= 15 is 0 Å². The molecule has 2 amide bonds. The summed E-state index contributed by atoms with van der Waals surface area (Å²) in [5.41, 5.74) is 1.94. The Morgan fingerprint density at radius 2 is 1.63 bits per heavy atom. The molecule has 0 aliphatic carbocycles. The van der Waals surface area contributed by atoms with Crippen LogP contribution in [-0.2, 0) is 26.3 Å². The van der Waals surface area contributed by atoms with Crippen LogP contribution in [0.25, 0.3) is 0 Å². The highest BCUT2D eigenvalue weighted by Crippen LogP contribution is 2.22. The standard InChI is InChI=1S/C25H35FN4O4S/c1-7-23(25(32)27-18(2)3)29(16-20-11-9-8-10-19(20)4)24(31)17-30(35(33,34)28(5)6)22-14-12-21(26)13-15-22/h8-15,18,23H,7,16-17H2,1-6H3,(H,27,32)/t23-/m0/s1. The van der Waals surface area contributed by atoms with Gasteiger partial charge in [0.05, 0.1) is 5.69 Å². The maximum absolute atomic E-state index is 13.7. The number of benzene rings is 2. The number of carbonyl (C=O) groups is 2. The van der Waals surface area contributed by atoms with E-state index in [2.05, 4.69) is 5.32 Å². The molecule has 2 aromatic carbocycles. The molecule has 2 aromatic rings. The molecule has 2 rings (SSSR count). The molecule has 35 heavy (non-hydrogen) atoms. The molecule has 192 valence electrons. The van der Waals surface area contributed by atoms with Crippen molar-refractivity contribution in [1.82, 2.24) is 14.5 Å². The van der Waals surface area contributed by atoms with Crippen LogP contribution >= 0.6 is 0 Å². The van der Waals surface area contributed by atoms with Gasteiger partial charge in [-0.1, -0.05) is 31.2 Å². The molecule has 0 unspecified atom stereocenters. The van der Waals surface area contributed by atoms with E-state index in [0.29, 0.717) is 6.42 Å². The van der Waals surface area contributed by atoms with Gasteiger partial charge in [-0.25, -0.2) is 8.70 Å². The number of hydrogen-bond donors (Lipinski definition) is 1. The Labute approximate surface area is 207 Å². The van der Waals surface area contributed by atoms with Crippen molar-refractivity contribution in [2.75, 3.05) is 24.9 Å². The second kappa shape index (κ2) is 12.1. The van der Waals surface area contributed by atoms with Crippen molar-refractivity contribution >= 4 is 27.7 Å². The molecule has 0 aromatic heterocycles. The largest absolute Gasteiger partial charge is 0.352 e. The van der Waals surface area contributed by atoms with Crippen LogP contribution in [0.2, 0.25) is 0 Å². The molecule has 0 radical (unpaired) electrons. The summed E-state index contributed by atoms with van der Waals surface area (Å²) in [4.78, 5) is 28.2. The zero-order valence-corrected chi connectivity index (χ0v) is 22.0. The number of amides is 2. The molecule has 8 nitrogen and oxygen atoms in total. The topological polar surface area (TPSA) is 90.0 Å². The molecule has 0 bridgehead atoms. The Kier molecular flexibility index (Phi) is 9.79. The first-order valence-electron chi connectivity index (χ1n) is 11.5. The van der Waals surface area contributed by atoms with Crippen LogP contribution in [0.5, 0.6) is 0 Å². The van der Waals surface area contributed by atoms with E-state index < -0.39 is 34.5 Å². The third-order valence-electron chi connectivity index (χ3n) is 5.55. The Morgan fingerprint density at radius 3 is 2.14 bits per heavy atom. The van der Waals surface area contributed by atoms with Crippen LogP contribution in [0.3, 0.4) is 0 Å². The van der Waals surface area contributed by atoms with E-state index in [0.717, 1.165) is 31.9 Å². The van der Waals surface area contributed by atoms with E-state index in [1.54, 1.807) is 6.92 Å². The fraction of sp³-hybridized carbons (Fsp3) is 0.440. The fourth-order valence-electron chi connectivity index (χ4n) is 3.60. The molecular weight excluding hydrogens is 471 g/mol. The highest BCUT2D eigenvalue weighted by Gasteiger charge is 2.34. The summed E-state index contributed by atoms with van der Waals surface area (Å²) in [6.45, 7) is 6.96. The number of hydrogen-bond acceptors (Lipinski definition) is 4. The smallest absolute Gasteiger partial charge is 0.304 e. The van der Waals surface area contributed by atoms with E-state index in [1.165, 1.54) is 31.1 Å². The van der Waals surface area contributed by atoms with Gasteiger partial charge in [0.25, 0.3) is 0 Å². The second-order valence-electron chi connectivity index (χ2n) is 8.81. The molecular formula is C25H35FN4O4S. The van der Waals surface area contributed by atoms with Crippen LogP contribution in [0.15, 0.2) is 48.5 Å². The lowest BCUT2D eigenvalue weighted by atomic mass is 10.1. The van der Waals surface area contributed by atoms with Crippen molar-refractivity contribution in [1.29, 1.82) is 0 Å². The summed E-state index contributed by atoms with van der Waals surface area (Å²) in [7, 11) is -1.38. The van der Waals surface area contributed by atoms with Gasteiger partial charge < -0.3 is 10.2 Å². The molecule has 0 aliphatic heterocycles. The van der Waals surface area contributed by atoms with Crippen LogP contribution < -0.4 is 9.62 Å². The van der Waals surface area contributed by atoms with E-state index in [9.17, 15) is 22.4 Å². The van der Waals surface area contributed by atoms with Crippen LogP contribution in [-0.4, -0.2) is 62.2 Å². The molecule has 0 saturated carbocycles. The van der Waals surface area contributed by atoms with Crippen LogP contribution in [0, 0.1) is 12.7 Å². The minimum atomic E-state index is -4.09. The second-order valence-corrected chi connectivity index (χ2v) is 10.9. The number of carbonyl (C=O) groups excluding carboxylic acids is 2. The predicted octanol–water partition coefficient (Wildman–Crippen LogP) is 3.08. The van der Waals surface area contributed by atoms with Crippen LogP contribution in [0.1, 0.15) is 38.3 Å². The van der Waals surface area contributed by atoms with Gasteiger partial charge in [0, 0.05) is 26.7 Å². The average Bonchev–Trinajstić information content (AvgIpc) is 2.78. The van der Waals surface area contributed by atoms with Gasteiger partial charge in [0.2, 0.25) is 11.8 Å². The normalized spacial score (nSPS) is 12.5. The third-order valence-corrected chi connectivity index (χ3v) is 7.37. The van der Waals surface area contributed by atoms with E-state index in [1.807, 2.05) is 45.0 Å². The van der Waals surface area contributed by atoms with E-state index in [-0.39, 0.29) is 24.2 Å². The monoisotopic (exact) mass is 506 g/mol. The highest BCUT2D eigenvalue weighted by molar-refractivity contribution is 7.90. The third kappa shape index (κ3) is 7.25. The lowest BCUT2D eigenvalue weighted by Gasteiger charge is -2.34. The Bertz CT molecular complexity index is 1120. The van der Waals surface area contributed by atoms with E-state index in [4.69, 9.17) is 0 Å². The molecule has 0 spiro atoms. The summed E-state index contributed by atoms with van der Waals surface area (Å²) in [6.07, 6.45) is 0.340. The summed E-state index contributed by atoms with van der Waals surface area (Å²) < 4.78 is 41.7. The number of rotatable bonds is 11. The van der Waals surface area contributed by atoms with Gasteiger partial charge in [-0.05, 0) is 62.6 Å². The molecule has 1 atom stereocenters. The first kappa shape index (κ1) is 28.3. The van der Waals surface area contributed by atoms with Gasteiger partial charge >= 0.3 is 10.2 Å². The zero-order chi connectivity index (χ0) is 26.3. The molecule has 0 heterocycles. The van der Waals surface area contributed by atoms with Crippen molar-refractivity contribution in [3.05, 3.63) is 65.5 Å². The molecule has 0 fully saturated rings. The summed E-state index contributed by atoms with van der Waals surface area (Å²) >= 11 is 0. The highest BCUT2D eigenvalue weighted by atomic mass is 32.2. The maximum Gasteiger partial charge on any atom is 0.304 e. The van der Waals surface area contributed by atoms with Gasteiger partial charge in [0.1, 0.15) is 18.4 Å². The predicted molar refractivity (Wildman–Crippen MR) is 135 cm³/mol.